The van der Waals surface area contributed by atoms with E-state index in [4.69, 9.17) is 4.74 Å². The number of hydrogen-bond acceptors (Lipinski definition) is 5. The summed E-state index contributed by atoms with van der Waals surface area (Å²) in [5.41, 5.74) is 2.73. The number of fused-ring (bicyclic) bond motifs is 1. The Labute approximate surface area is 149 Å². The van der Waals surface area contributed by atoms with Gasteiger partial charge in [-0.15, -0.1) is 0 Å². The highest BCUT2D eigenvalue weighted by Gasteiger charge is 2.19. The van der Waals surface area contributed by atoms with Gasteiger partial charge >= 0.3 is 0 Å². The molecule has 1 aliphatic heterocycles. The largest absolute Gasteiger partial charge is 0.497 e. The molecule has 4 rings (SSSR count). The molecule has 2 aromatic rings. The number of benzene rings is 1. The maximum Gasteiger partial charge on any atom is 0.134 e. The summed E-state index contributed by atoms with van der Waals surface area (Å²) in [4.78, 5) is 11.3. The van der Waals surface area contributed by atoms with Crippen LogP contribution in [0.5, 0.6) is 5.75 Å². The van der Waals surface area contributed by atoms with E-state index in [1.165, 1.54) is 43.2 Å². The van der Waals surface area contributed by atoms with Gasteiger partial charge in [-0.2, -0.15) is 0 Å². The Morgan fingerprint density at radius 2 is 1.96 bits per heavy atom. The average Bonchev–Trinajstić information content (AvgIpc) is 2.68. The topological polar surface area (TPSA) is 50.3 Å². The van der Waals surface area contributed by atoms with Crippen LogP contribution in [0.3, 0.4) is 0 Å². The smallest absolute Gasteiger partial charge is 0.134 e. The van der Waals surface area contributed by atoms with Crippen LogP contribution in [0.4, 0.5) is 11.6 Å². The van der Waals surface area contributed by atoms with Crippen molar-refractivity contribution in [2.24, 2.45) is 0 Å². The van der Waals surface area contributed by atoms with Gasteiger partial charge in [0.2, 0.25) is 0 Å². The van der Waals surface area contributed by atoms with Gasteiger partial charge < -0.3 is 15.0 Å². The first kappa shape index (κ1) is 16.2. The standard InChI is InChI=1S/C20H26N4O/c1-25-18-8-7-16-13-24(10-9-15(16)11-18)20-12-19(21-14-22-20)23-17-5-3-2-4-6-17/h7-8,11-12,14,17H,2-6,9-10,13H2,1H3,(H,21,22,23). The quantitative estimate of drug-likeness (QED) is 0.919. The van der Waals surface area contributed by atoms with E-state index in [1.54, 1.807) is 13.4 Å². The molecule has 1 saturated carbocycles. The average molecular weight is 338 g/mol. The summed E-state index contributed by atoms with van der Waals surface area (Å²) in [5, 5.41) is 3.60. The zero-order valence-corrected chi connectivity index (χ0v) is 14.9. The predicted molar refractivity (Wildman–Crippen MR) is 100 cm³/mol. The fourth-order valence-electron chi connectivity index (χ4n) is 3.91. The Bertz CT molecular complexity index is 727. The molecule has 0 unspecified atom stereocenters. The summed E-state index contributed by atoms with van der Waals surface area (Å²) in [7, 11) is 1.72. The van der Waals surface area contributed by atoms with Gasteiger partial charge in [-0.25, -0.2) is 9.97 Å². The Kier molecular flexibility index (Phi) is 4.72. The lowest BCUT2D eigenvalue weighted by Gasteiger charge is -2.30. The first-order valence-corrected chi connectivity index (χ1v) is 9.31. The van der Waals surface area contributed by atoms with Gasteiger partial charge in [0.25, 0.3) is 0 Å². The van der Waals surface area contributed by atoms with Crippen LogP contribution in [0.25, 0.3) is 0 Å². The lowest BCUT2D eigenvalue weighted by atomic mass is 9.95. The molecule has 2 aliphatic rings. The summed E-state index contributed by atoms with van der Waals surface area (Å²) in [6.45, 7) is 1.86. The first-order valence-electron chi connectivity index (χ1n) is 9.31. The number of hydrogen-bond donors (Lipinski definition) is 1. The van der Waals surface area contributed by atoms with Crippen LogP contribution >= 0.6 is 0 Å². The molecule has 5 nitrogen and oxygen atoms in total. The monoisotopic (exact) mass is 338 g/mol. The van der Waals surface area contributed by atoms with E-state index in [0.29, 0.717) is 6.04 Å². The normalized spacial score (nSPS) is 17.9. The van der Waals surface area contributed by atoms with E-state index in [9.17, 15) is 0 Å². The fourth-order valence-corrected chi connectivity index (χ4v) is 3.91. The highest BCUT2D eigenvalue weighted by atomic mass is 16.5. The zero-order chi connectivity index (χ0) is 17.1. The van der Waals surface area contributed by atoms with Crippen LogP contribution < -0.4 is 15.0 Å². The van der Waals surface area contributed by atoms with Crippen molar-refractivity contribution in [2.45, 2.75) is 51.1 Å². The number of nitrogens with zero attached hydrogens (tertiary/aromatic N) is 3. The molecule has 1 aromatic carbocycles. The molecule has 0 atom stereocenters. The molecular formula is C20H26N4O. The molecule has 5 heteroatoms. The van der Waals surface area contributed by atoms with Gasteiger partial charge in [-0.3, -0.25) is 0 Å². The molecule has 132 valence electrons. The van der Waals surface area contributed by atoms with Crippen LogP contribution in [0.2, 0.25) is 0 Å². The number of anilines is 2. The molecule has 0 bridgehead atoms. The zero-order valence-electron chi connectivity index (χ0n) is 14.9. The number of nitrogens with one attached hydrogen (secondary N) is 1. The molecule has 0 spiro atoms. The van der Waals surface area contributed by atoms with E-state index < -0.39 is 0 Å². The lowest BCUT2D eigenvalue weighted by Crippen LogP contribution is -2.31. The third kappa shape index (κ3) is 3.70. The van der Waals surface area contributed by atoms with Crippen molar-refractivity contribution in [3.8, 4) is 5.75 Å². The van der Waals surface area contributed by atoms with Gasteiger partial charge in [0.05, 0.1) is 7.11 Å². The number of aromatic nitrogens is 2. The van der Waals surface area contributed by atoms with Crippen molar-refractivity contribution in [1.29, 1.82) is 0 Å². The third-order valence-corrected chi connectivity index (χ3v) is 5.36. The third-order valence-electron chi connectivity index (χ3n) is 5.36. The molecule has 0 radical (unpaired) electrons. The summed E-state index contributed by atoms with van der Waals surface area (Å²) in [6.07, 6.45) is 9.21. The van der Waals surface area contributed by atoms with Crippen molar-refractivity contribution in [1.82, 2.24) is 9.97 Å². The fraction of sp³-hybridized carbons (Fsp3) is 0.500. The van der Waals surface area contributed by atoms with Crippen molar-refractivity contribution in [2.75, 3.05) is 23.9 Å². The molecule has 25 heavy (non-hydrogen) atoms. The SMILES string of the molecule is COc1ccc2c(c1)CCN(c1cc(NC3CCCCC3)ncn1)C2. The van der Waals surface area contributed by atoms with Crippen molar-refractivity contribution < 1.29 is 4.74 Å². The Balaban J connectivity index is 1.47. The van der Waals surface area contributed by atoms with E-state index >= 15 is 0 Å². The van der Waals surface area contributed by atoms with Gasteiger partial charge in [-0.05, 0) is 42.5 Å². The van der Waals surface area contributed by atoms with Gasteiger partial charge in [-0.1, -0.05) is 25.3 Å². The number of rotatable bonds is 4. The summed E-state index contributed by atoms with van der Waals surface area (Å²) in [5.74, 6) is 2.90. The number of methoxy groups -OCH3 is 1. The maximum absolute atomic E-state index is 5.34. The second-order valence-electron chi connectivity index (χ2n) is 7.05. The minimum Gasteiger partial charge on any atom is -0.497 e. The highest BCUT2D eigenvalue weighted by Crippen LogP contribution is 2.27. The minimum atomic E-state index is 0.561. The predicted octanol–water partition coefficient (Wildman–Crippen LogP) is 3.79. The first-order chi connectivity index (χ1) is 12.3. The maximum atomic E-state index is 5.34. The molecule has 1 N–H and O–H groups in total. The van der Waals surface area contributed by atoms with Crippen molar-refractivity contribution in [3.05, 3.63) is 41.7 Å². The van der Waals surface area contributed by atoms with E-state index in [0.717, 1.165) is 36.9 Å². The minimum absolute atomic E-state index is 0.561. The second kappa shape index (κ2) is 7.30. The van der Waals surface area contributed by atoms with E-state index in [-0.39, 0.29) is 0 Å². The molecule has 0 amide bonds. The summed E-state index contributed by atoms with van der Waals surface area (Å²) < 4.78 is 5.34. The highest BCUT2D eigenvalue weighted by molar-refractivity contribution is 5.51. The Morgan fingerprint density at radius 1 is 1.08 bits per heavy atom. The summed E-state index contributed by atoms with van der Waals surface area (Å²) >= 11 is 0. The molecule has 1 aliphatic carbocycles. The van der Waals surface area contributed by atoms with Crippen LogP contribution in [0.1, 0.15) is 43.2 Å². The van der Waals surface area contributed by atoms with E-state index in [2.05, 4.69) is 38.4 Å². The van der Waals surface area contributed by atoms with Crippen LogP contribution in [0, 0.1) is 0 Å². The van der Waals surface area contributed by atoms with Crippen molar-refractivity contribution >= 4 is 11.6 Å². The number of ether oxygens (including phenoxy) is 1. The molecule has 1 fully saturated rings. The molecule has 0 saturated heterocycles. The van der Waals surface area contributed by atoms with Crippen LogP contribution in [0.15, 0.2) is 30.6 Å². The van der Waals surface area contributed by atoms with Crippen LogP contribution in [-0.2, 0) is 13.0 Å². The summed E-state index contributed by atoms with van der Waals surface area (Å²) in [6, 6.07) is 9.03. The van der Waals surface area contributed by atoms with Crippen molar-refractivity contribution in [3.63, 3.8) is 0 Å². The van der Waals surface area contributed by atoms with Gasteiger partial charge in [0.15, 0.2) is 0 Å². The Morgan fingerprint density at radius 3 is 2.80 bits per heavy atom. The Hall–Kier alpha value is -2.30. The molecule has 1 aromatic heterocycles. The second-order valence-corrected chi connectivity index (χ2v) is 7.05. The van der Waals surface area contributed by atoms with E-state index in [1.807, 2.05) is 6.07 Å². The molecule has 2 heterocycles. The lowest BCUT2D eigenvalue weighted by molar-refractivity contribution is 0.413. The van der Waals surface area contributed by atoms with Gasteiger partial charge in [0.1, 0.15) is 23.7 Å². The molecular weight excluding hydrogens is 312 g/mol. The van der Waals surface area contributed by atoms with Gasteiger partial charge in [0, 0.05) is 25.2 Å². The van der Waals surface area contributed by atoms with Crippen LogP contribution in [-0.4, -0.2) is 29.7 Å².